The molecule has 1 N–H and O–H groups in total. The molecule has 0 aliphatic carbocycles. The van der Waals surface area contributed by atoms with Gasteiger partial charge in [0.25, 0.3) is 5.91 Å². The predicted octanol–water partition coefficient (Wildman–Crippen LogP) is 5.00. The van der Waals surface area contributed by atoms with Gasteiger partial charge >= 0.3 is 0 Å². The fourth-order valence-corrected chi connectivity index (χ4v) is 3.88. The zero-order valence-electron chi connectivity index (χ0n) is 13.7. The summed E-state index contributed by atoms with van der Waals surface area (Å²) in [5, 5.41) is 2.75. The van der Waals surface area contributed by atoms with Crippen LogP contribution in [0.2, 0.25) is 10.0 Å². The molecule has 0 spiro atoms. The molecule has 1 aliphatic rings. The maximum atomic E-state index is 13.3. The van der Waals surface area contributed by atoms with Crippen LogP contribution in [0.1, 0.15) is 10.4 Å². The Bertz CT molecular complexity index is 856. The number of anilines is 1. The van der Waals surface area contributed by atoms with E-state index < -0.39 is 23.4 Å². The first kappa shape index (κ1) is 20.3. The second-order valence-electron chi connectivity index (χ2n) is 5.60. The quantitative estimate of drug-likeness (QED) is 0.540. The van der Waals surface area contributed by atoms with E-state index in [9.17, 15) is 18.0 Å². The molecule has 0 saturated carbocycles. The van der Waals surface area contributed by atoms with Gasteiger partial charge in [0.15, 0.2) is 17.5 Å². The molecular formula is C17H13Cl2F3N2O2S. The van der Waals surface area contributed by atoms with Crippen molar-refractivity contribution in [3.8, 4) is 0 Å². The molecule has 3 rings (SSSR count). The molecule has 0 unspecified atom stereocenters. The van der Waals surface area contributed by atoms with Crippen molar-refractivity contribution in [2.75, 3.05) is 31.6 Å². The van der Waals surface area contributed by atoms with Gasteiger partial charge in [-0.3, -0.25) is 4.79 Å². The smallest absolute Gasteiger partial charge is 0.257 e. The van der Waals surface area contributed by atoms with Crippen molar-refractivity contribution in [1.29, 1.82) is 0 Å². The maximum Gasteiger partial charge on any atom is 0.257 e. The van der Waals surface area contributed by atoms with Crippen molar-refractivity contribution in [1.82, 2.24) is 4.31 Å². The molecule has 0 aromatic heterocycles. The van der Waals surface area contributed by atoms with Crippen LogP contribution in [0.15, 0.2) is 29.2 Å². The first-order chi connectivity index (χ1) is 12.8. The largest absolute Gasteiger partial charge is 0.379 e. The molecule has 0 atom stereocenters. The third-order valence-electron chi connectivity index (χ3n) is 3.71. The van der Waals surface area contributed by atoms with Crippen molar-refractivity contribution in [2.24, 2.45) is 0 Å². The topological polar surface area (TPSA) is 41.6 Å². The summed E-state index contributed by atoms with van der Waals surface area (Å²) in [6.07, 6.45) is 0. The molecule has 0 bridgehead atoms. The Balaban J connectivity index is 1.82. The number of carbonyl (C=O) groups is 1. The molecule has 144 valence electrons. The first-order valence-corrected chi connectivity index (χ1v) is 9.33. The van der Waals surface area contributed by atoms with Crippen molar-refractivity contribution in [2.45, 2.75) is 4.90 Å². The average molecular weight is 437 g/mol. The van der Waals surface area contributed by atoms with E-state index >= 15 is 0 Å². The Labute approximate surface area is 167 Å². The van der Waals surface area contributed by atoms with E-state index in [0.717, 1.165) is 0 Å². The SMILES string of the molecule is O=C(Nc1cc(F)c(F)c(F)c1)c1cc(SN2CCOCC2)c(Cl)cc1Cl. The number of morpholine rings is 1. The third-order valence-corrected chi connectivity index (χ3v) is 5.60. The molecule has 10 heteroatoms. The Morgan fingerprint density at radius 3 is 2.30 bits per heavy atom. The second-order valence-corrected chi connectivity index (χ2v) is 7.56. The van der Waals surface area contributed by atoms with Gasteiger partial charge in [-0.1, -0.05) is 23.2 Å². The number of nitrogens with zero attached hydrogens (tertiary/aromatic N) is 1. The highest BCUT2D eigenvalue weighted by atomic mass is 35.5. The molecule has 1 fully saturated rings. The van der Waals surface area contributed by atoms with Crippen molar-refractivity contribution in [3.05, 3.63) is 57.3 Å². The molecule has 1 aliphatic heterocycles. The van der Waals surface area contributed by atoms with Crippen LogP contribution >= 0.6 is 35.1 Å². The Morgan fingerprint density at radius 1 is 1.04 bits per heavy atom. The molecule has 0 radical (unpaired) electrons. The zero-order valence-corrected chi connectivity index (χ0v) is 16.0. The van der Waals surface area contributed by atoms with E-state index in [4.69, 9.17) is 27.9 Å². The average Bonchev–Trinajstić information content (AvgIpc) is 2.62. The number of benzene rings is 2. The van der Waals surface area contributed by atoms with Crippen LogP contribution < -0.4 is 5.32 Å². The van der Waals surface area contributed by atoms with Crippen LogP contribution in [0.25, 0.3) is 0 Å². The molecule has 2 aromatic carbocycles. The lowest BCUT2D eigenvalue weighted by atomic mass is 10.2. The van der Waals surface area contributed by atoms with Gasteiger partial charge in [-0.15, -0.1) is 0 Å². The number of hydrogen-bond acceptors (Lipinski definition) is 4. The van der Waals surface area contributed by atoms with Gasteiger partial charge < -0.3 is 10.1 Å². The summed E-state index contributed by atoms with van der Waals surface area (Å²) < 4.78 is 47.0. The van der Waals surface area contributed by atoms with Gasteiger partial charge in [-0.05, 0) is 24.1 Å². The van der Waals surface area contributed by atoms with E-state index in [1.165, 1.54) is 24.1 Å². The fourth-order valence-electron chi connectivity index (χ4n) is 2.38. The van der Waals surface area contributed by atoms with E-state index in [1.54, 1.807) is 0 Å². The number of rotatable bonds is 4. The van der Waals surface area contributed by atoms with Crippen LogP contribution in [0.5, 0.6) is 0 Å². The van der Waals surface area contributed by atoms with Crippen molar-refractivity contribution >= 4 is 46.7 Å². The van der Waals surface area contributed by atoms with Crippen molar-refractivity contribution < 1.29 is 22.7 Å². The van der Waals surface area contributed by atoms with Crippen LogP contribution in [-0.4, -0.2) is 36.5 Å². The van der Waals surface area contributed by atoms with Gasteiger partial charge in [0.1, 0.15) is 0 Å². The molecule has 2 aromatic rings. The zero-order chi connectivity index (χ0) is 19.6. The number of ether oxygens (including phenoxy) is 1. The number of halogens is 5. The lowest BCUT2D eigenvalue weighted by molar-refractivity contribution is 0.0773. The number of hydrogen-bond donors (Lipinski definition) is 1. The summed E-state index contributed by atoms with van der Waals surface area (Å²) in [6, 6.07) is 4.29. The highest BCUT2D eigenvalue weighted by molar-refractivity contribution is 7.97. The summed E-state index contributed by atoms with van der Waals surface area (Å²) in [5.74, 6) is -5.13. The highest BCUT2D eigenvalue weighted by Gasteiger charge is 2.19. The molecule has 27 heavy (non-hydrogen) atoms. The maximum absolute atomic E-state index is 13.3. The minimum absolute atomic E-state index is 0.0713. The van der Waals surface area contributed by atoms with E-state index in [0.29, 0.717) is 48.4 Å². The predicted molar refractivity (Wildman–Crippen MR) is 99.0 cm³/mol. The van der Waals surface area contributed by atoms with E-state index in [-0.39, 0.29) is 16.3 Å². The fraction of sp³-hybridized carbons (Fsp3) is 0.235. The summed E-state index contributed by atoms with van der Waals surface area (Å²) in [4.78, 5) is 13.1. The van der Waals surface area contributed by atoms with Gasteiger partial charge in [0.2, 0.25) is 0 Å². The number of amides is 1. The van der Waals surface area contributed by atoms with E-state index in [2.05, 4.69) is 5.32 Å². The minimum Gasteiger partial charge on any atom is -0.379 e. The normalized spacial score (nSPS) is 15.0. The molecule has 1 saturated heterocycles. The minimum atomic E-state index is -1.61. The van der Waals surface area contributed by atoms with Crippen LogP contribution in [0.3, 0.4) is 0 Å². The highest BCUT2D eigenvalue weighted by Crippen LogP contribution is 2.35. The summed E-state index contributed by atoms with van der Waals surface area (Å²) in [5.41, 5.74) is -0.160. The van der Waals surface area contributed by atoms with Crippen LogP contribution in [0, 0.1) is 17.5 Å². The Kier molecular flexibility index (Phi) is 6.54. The van der Waals surface area contributed by atoms with Gasteiger partial charge in [0, 0.05) is 35.8 Å². The lowest BCUT2D eigenvalue weighted by Crippen LogP contribution is -2.30. The van der Waals surface area contributed by atoms with Gasteiger partial charge in [0.05, 0.1) is 28.8 Å². The first-order valence-electron chi connectivity index (χ1n) is 7.80. The lowest BCUT2D eigenvalue weighted by Gasteiger charge is -2.25. The standard InChI is InChI=1S/C17H13Cl2F3N2O2S/c18-11-8-12(19)15(27-24-1-3-26-4-2-24)7-10(11)17(25)23-9-5-13(20)16(22)14(21)6-9/h5-8H,1-4H2,(H,23,25). The monoisotopic (exact) mass is 436 g/mol. The molecule has 4 nitrogen and oxygen atoms in total. The van der Waals surface area contributed by atoms with E-state index in [1.807, 2.05) is 4.31 Å². The van der Waals surface area contributed by atoms with Crippen LogP contribution in [0.4, 0.5) is 18.9 Å². The summed E-state index contributed by atoms with van der Waals surface area (Å²) in [7, 11) is 0. The molecule has 1 heterocycles. The number of carbonyl (C=O) groups excluding carboxylic acids is 1. The van der Waals surface area contributed by atoms with Crippen LogP contribution in [-0.2, 0) is 4.74 Å². The van der Waals surface area contributed by atoms with Gasteiger partial charge in [-0.2, -0.15) is 0 Å². The van der Waals surface area contributed by atoms with Crippen molar-refractivity contribution in [3.63, 3.8) is 0 Å². The Hall–Kier alpha value is -1.45. The third kappa shape index (κ3) is 4.89. The molecular weight excluding hydrogens is 424 g/mol. The van der Waals surface area contributed by atoms with Gasteiger partial charge in [-0.25, -0.2) is 17.5 Å². The second kappa shape index (κ2) is 8.70. The molecule has 1 amide bonds. The summed E-state index contributed by atoms with van der Waals surface area (Å²) >= 11 is 13.7. The summed E-state index contributed by atoms with van der Waals surface area (Å²) in [6.45, 7) is 2.57. The number of nitrogens with one attached hydrogen (secondary N) is 1. The Morgan fingerprint density at radius 2 is 1.67 bits per heavy atom.